The van der Waals surface area contributed by atoms with E-state index in [0.717, 1.165) is 29.3 Å². The molecule has 4 heterocycles. The van der Waals surface area contributed by atoms with Crippen LogP contribution in [0, 0.1) is 5.92 Å². The molecule has 0 radical (unpaired) electrons. The lowest BCUT2D eigenvalue weighted by molar-refractivity contribution is 0.0930. The molecule has 2 aliphatic heterocycles. The van der Waals surface area contributed by atoms with Crippen LogP contribution in [0.25, 0.3) is 32.9 Å². The highest BCUT2D eigenvalue weighted by Gasteiger charge is 2.23. The van der Waals surface area contributed by atoms with Crippen LogP contribution in [0.2, 0.25) is 0 Å². The van der Waals surface area contributed by atoms with Crippen LogP contribution in [-0.4, -0.2) is 77.5 Å². The second-order valence-corrected chi connectivity index (χ2v) is 11.3. The molecule has 1 unspecified atom stereocenters. The number of likely N-dealkylation sites (tertiary alicyclic amines) is 1. The number of H-pyrrole nitrogens is 1. The molecule has 2 saturated heterocycles. The largest absolute Gasteiger partial charge is 0.337 e. The molecule has 6 heteroatoms. The maximum atomic E-state index is 4.77. The number of piperidine rings is 1. The van der Waals surface area contributed by atoms with Crippen molar-refractivity contribution in [3.63, 3.8) is 0 Å². The van der Waals surface area contributed by atoms with Gasteiger partial charge in [-0.1, -0.05) is 30.3 Å². The average molecular weight is 486 g/mol. The van der Waals surface area contributed by atoms with Gasteiger partial charge in [0.15, 0.2) is 0 Å². The fourth-order valence-corrected chi connectivity index (χ4v) is 6.57. The van der Waals surface area contributed by atoms with Gasteiger partial charge >= 0.3 is 0 Å². The highest BCUT2D eigenvalue weighted by Crippen LogP contribution is 2.32. The van der Waals surface area contributed by atoms with Gasteiger partial charge in [-0.2, -0.15) is 0 Å². The number of aromatic amines is 1. The Morgan fingerprint density at radius 1 is 0.943 bits per heavy atom. The molecule has 6 rings (SSSR count). The molecule has 5 nitrogen and oxygen atoms in total. The SMILES string of the molecule is CN1CCCC(CN2CCN(Cc3cccc(-c4csc(-c5nc6ccccc6[nH]5)c4)c3)CC2)C1. The number of aromatic nitrogens is 2. The lowest BCUT2D eigenvalue weighted by Gasteiger charge is -2.38. The van der Waals surface area contributed by atoms with E-state index in [1.54, 1.807) is 11.3 Å². The summed E-state index contributed by atoms with van der Waals surface area (Å²) in [7, 11) is 2.27. The second-order valence-electron chi connectivity index (χ2n) is 10.3. The molecule has 0 bridgehead atoms. The first-order valence-corrected chi connectivity index (χ1v) is 13.8. The lowest BCUT2D eigenvalue weighted by Crippen LogP contribution is -2.48. The minimum atomic E-state index is 0.854. The van der Waals surface area contributed by atoms with Crippen molar-refractivity contribution in [1.29, 1.82) is 0 Å². The van der Waals surface area contributed by atoms with Crippen LogP contribution in [0.3, 0.4) is 0 Å². The summed E-state index contributed by atoms with van der Waals surface area (Å²) >= 11 is 1.76. The molecule has 2 fully saturated rings. The first kappa shape index (κ1) is 22.9. The number of rotatable bonds is 6. The summed E-state index contributed by atoms with van der Waals surface area (Å²) in [6.45, 7) is 9.59. The van der Waals surface area contributed by atoms with E-state index in [2.05, 4.69) is 74.6 Å². The predicted molar refractivity (Wildman–Crippen MR) is 147 cm³/mol. The third-order valence-corrected chi connectivity index (χ3v) is 8.53. The Hall–Kier alpha value is -2.51. The Balaban J connectivity index is 1.07. The Bertz CT molecular complexity index is 1240. The van der Waals surface area contributed by atoms with E-state index in [1.807, 2.05) is 12.1 Å². The molecule has 1 N–H and O–H groups in total. The van der Waals surface area contributed by atoms with Crippen molar-refractivity contribution in [1.82, 2.24) is 24.7 Å². The van der Waals surface area contributed by atoms with Gasteiger partial charge in [0.2, 0.25) is 0 Å². The van der Waals surface area contributed by atoms with Gasteiger partial charge in [0.1, 0.15) is 5.82 Å². The number of imidazole rings is 1. The van der Waals surface area contributed by atoms with Crippen molar-refractivity contribution < 1.29 is 0 Å². The van der Waals surface area contributed by atoms with E-state index in [-0.39, 0.29) is 0 Å². The third-order valence-electron chi connectivity index (χ3n) is 7.59. The zero-order valence-corrected chi connectivity index (χ0v) is 21.4. The van der Waals surface area contributed by atoms with Crippen LogP contribution >= 0.6 is 11.3 Å². The van der Waals surface area contributed by atoms with Gasteiger partial charge in [0.25, 0.3) is 0 Å². The lowest BCUT2D eigenvalue weighted by atomic mass is 9.97. The number of nitrogens with zero attached hydrogens (tertiary/aromatic N) is 4. The molecule has 2 aromatic carbocycles. The zero-order chi connectivity index (χ0) is 23.6. The van der Waals surface area contributed by atoms with Crippen LogP contribution in [-0.2, 0) is 6.54 Å². The number of fused-ring (bicyclic) bond motifs is 1. The van der Waals surface area contributed by atoms with Crippen molar-refractivity contribution in [3.05, 3.63) is 65.5 Å². The maximum absolute atomic E-state index is 4.77. The molecule has 0 spiro atoms. The summed E-state index contributed by atoms with van der Waals surface area (Å²) in [6, 6.07) is 19.6. The average Bonchev–Trinajstić information content (AvgIpc) is 3.53. The normalized spacial score (nSPS) is 20.5. The smallest absolute Gasteiger partial charge is 0.148 e. The molecule has 0 aliphatic carbocycles. The van der Waals surface area contributed by atoms with Crippen LogP contribution in [0.5, 0.6) is 0 Å². The van der Waals surface area contributed by atoms with E-state index in [1.165, 1.54) is 80.2 Å². The van der Waals surface area contributed by atoms with Gasteiger partial charge in [-0.15, -0.1) is 11.3 Å². The monoisotopic (exact) mass is 485 g/mol. The van der Waals surface area contributed by atoms with Gasteiger partial charge in [-0.25, -0.2) is 4.98 Å². The van der Waals surface area contributed by atoms with Crippen LogP contribution < -0.4 is 0 Å². The number of nitrogens with one attached hydrogen (secondary N) is 1. The van der Waals surface area contributed by atoms with Crippen LogP contribution in [0.4, 0.5) is 0 Å². The topological polar surface area (TPSA) is 38.4 Å². The molecule has 35 heavy (non-hydrogen) atoms. The fourth-order valence-electron chi connectivity index (χ4n) is 5.71. The van der Waals surface area contributed by atoms with E-state index in [4.69, 9.17) is 4.98 Å². The molecule has 2 aliphatic rings. The molecular formula is C29H35N5S. The number of hydrogen-bond acceptors (Lipinski definition) is 5. The van der Waals surface area contributed by atoms with Crippen molar-refractivity contribution in [2.75, 3.05) is 52.9 Å². The minimum absolute atomic E-state index is 0.854. The molecular weight excluding hydrogens is 450 g/mol. The van der Waals surface area contributed by atoms with E-state index in [0.29, 0.717) is 0 Å². The Morgan fingerprint density at radius 2 is 1.80 bits per heavy atom. The highest BCUT2D eigenvalue weighted by molar-refractivity contribution is 7.13. The van der Waals surface area contributed by atoms with Gasteiger partial charge in [0.05, 0.1) is 15.9 Å². The summed E-state index contributed by atoms with van der Waals surface area (Å²) in [6.07, 6.45) is 2.76. The predicted octanol–water partition coefficient (Wildman–Crippen LogP) is 5.42. The number of thiophene rings is 1. The highest BCUT2D eigenvalue weighted by atomic mass is 32.1. The van der Waals surface area contributed by atoms with Crippen molar-refractivity contribution in [2.24, 2.45) is 5.92 Å². The van der Waals surface area contributed by atoms with Crippen LogP contribution in [0.15, 0.2) is 60.0 Å². The third kappa shape index (κ3) is 5.36. The second kappa shape index (κ2) is 10.2. The summed E-state index contributed by atoms with van der Waals surface area (Å²) in [4.78, 5) is 17.2. The van der Waals surface area contributed by atoms with Crippen molar-refractivity contribution in [2.45, 2.75) is 19.4 Å². The van der Waals surface area contributed by atoms with Gasteiger partial charge in [-0.05, 0) is 78.7 Å². The van der Waals surface area contributed by atoms with Crippen molar-refractivity contribution >= 4 is 22.4 Å². The summed E-state index contributed by atoms with van der Waals surface area (Å²) in [5.41, 5.74) is 6.08. The standard InChI is InChI=1S/C29H35N5S/c1-32-11-5-7-23(18-32)20-34-14-12-33(13-15-34)19-22-6-4-8-24(16-22)25-17-28(35-21-25)29-30-26-9-2-3-10-27(26)31-29/h2-4,6,8-10,16-17,21,23H,5,7,11-15,18-20H2,1H3,(H,30,31). The minimum Gasteiger partial charge on any atom is -0.337 e. The Labute approximate surface area is 212 Å². The van der Waals surface area contributed by atoms with Crippen molar-refractivity contribution in [3.8, 4) is 21.8 Å². The quantitative estimate of drug-likeness (QED) is 0.396. The molecule has 0 amide bonds. The van der Waals surface area contributed by atoms with E-state index in [9.17, 15) is 0 Å². The Morgan fingerprint density at radius 3 is 2.66 bits per heavy atom. The first-order valence-electron chi connectivity index (χ1n) is 13.0. The molecule has 1 atom stereocenters. The number of benzene rings is 2. The maximum Gasteiger partial charge on any atom is 0.148 e. The van der Waals surface area contributed by atoms with Crippen LogP contribution in [0.1, 0.15) is 18.4 Å². The summed E-state index contributed by atoms with van der Waals surface area (Å²) in [5, 5.41) is 2.25. The zero-order valence-electron chi connectivity index (χ0n) is 20.6. The van der Waals surface area contributed by atoms with E-state index >= 15 is 0 Å². The Kier molecular flexibility index (Phi) is 6.70. The fraction of sp³-hybridized carbons (Fsp3) is 0.414. The number of piperazine rings is 1. The number of hydrogen-bond donors (Lipinski definition) is 1. The molecule has 2 aromatic heterocycles. The summed E-state index contributed by atoms with van der Waals surface area (Å²) < 4.78 is 0. The molecule has 182 valence electrons. The van der Waals surface area contributed by atoms with Gasteiger partial charge < -0.3 is 14.8 Å². The van der Waals surface area contributed by atoms with Gasteiger partial charge in [-0.3, -0.25) is 4.90 Å². The first-order chi connectivity index (χ1) is 17.2. The molecule has 0 saturated carbocycles. The summed E-state index contributed by atoms with van der Waals surface area (Å²) in [5.74, 6) is 1.81. The van der Waals surface area contributed by atoms with E-state index < -0.39 is 0 Å². The number of para-hydroxylation sites is 2. The van der Waals surface area contributed by atoms with Gasteiger partial charge in [0, 0.05) is 45.8 Å². The molecule has 4 aromatic rings.